The van der Waals surface area contributed by atoms with E-state index in [-0.39, 0.29) is 37.5 Å². The Hall–Kier alpha value is -4.45. The first kappa shape index (κ1) is 62.5. The normalized spacial score (nSPS) is 13.2. The van der Waals surface area contributed by atoms with Crippen LogP contribution in [0.4, 0.5) is 0 Å². The van der Waals surface area contributed by atoms with E-state index in [4.69, 9.17) is 14.2 Å². The van der Waals surface area contributed by atoms with Crippen molar-refractivity contribution in [2.45, 2.75) is 219 Å². The second-order valence-electron chi connectivity index (χ2n) is 17.0. The van der Waals surface area contributed by atoms with E-state index in [9.17, 15) is 14.4 Å². The Bertz CT molecular complexity index is 1480. The number of esters is 3. The van der Waals surface area contributed by atoms with Gasteiger partial charge in [-0.05, 0) is 116 Å². The molecule has 0 rings (SSSR count). The maximum Gasteiger partial charge on any atom is 0.306 e. The van der Waals surface area contributed by atoms with Gasteiger partial charge in [-0.3, -0.25) is 14.4 Å². The average molecular weight is 925 g/mol. The van der Waals surface area contributed by atoms with Crippen LogP contribution in [0.25, 0.3) is 0 Å². The van der Waals surface area contributed by atoms with Crippen LogP contribution in [0.1, 0.15) is 213 Å². The third-order valence-corrected chi connectivity index (χ3v) is 10.7. The van der Waals surface area contributed by atoms with Gasteiger partial charge >= 0.3 is 17.9 Å². The van der Waals surface area contributed by atoms with Gasteiger partial charge in [-0.1, -0.05) is 212 Å². The molecule has 376 valence electrons. The molecule has 0 saturated carbocycles. The summed E-state index contributed by atoms with van der Waals surface area (Å²) in [6.45, 7) is 6.25. The maximum absolute atomic E-state index is 12.7. The zero-order valence-corrected chi connectivity index (χ0v) is 42.9. The summed E-state index contributed by atoms with van der Waals surface area (Å²) >= 11 is 0. The third kappa shape index (κ3) is 52.4. The highest BCUT2D eigenvalue weighted by atomic mass is 16.6. The molecule has 0 amide bonds. The van der Waals surface area contributed by atoms with Gasteiger partial charge < -0.3 is 14.2 Å². The number of hydrogen-bond donors (Lipinski definition) is 0. The van der Waals surface area contributed by atoms with Crippen LogP contribution in [-0.2, 0) is 28.6 Å². The van der Waals surface area contributed by atoms with Gasteiger partial charge in [0.2, 0.25) is 0 Å². The van der Waals surface area contributed by atoms with Gasteiger partial charge in [0, 0.05) is 19.3 Å². The van der Waals surface area contributed by atoms with Crippen LogP contribution in [0, 0.1) is 0 Å². The van der Waals surface area contributed by atoms with Crippen LogP contribution in [0.15, 0.2) is 134 Å². The minimum atomic E-state index is -0.804. The number of allylic oxidation sites excluding steroid dienone is 22. The van der Waals surface area contributed by atoms with E-state index in [0.717, 1.165) is 141 Å². The molecule has 1 unspecified atom stereocenters. The summed E-state index contributed by atoms with van der Waals surface area (Å²) in [5, 5.41) is 0. The van der Waals surface area contributed by atoms with Crippen LogP contribution in [0.2, 0.25) is 0 Å². The van der Waals surface area contributed by atoms with Crippen LogP contribution in [-0.4, -0.2) is 37.2 Å². The number of hydrogen-bond acceptors (Lipinski definition) is 6. The summed E-state index contributed by atoms with van der Waals surface area (Å²) in [6.07, 6.45) is 76.3. The van der Waals surface area contributed by atoms with Crippen molar-refractivity contribution in [2.24, 2.45) is 0 Å². The Morgan fingerprint density at radius 2 is 0.582 bits per heavy atom. The van der Waals surface area contributed by atoms with Crippen molar-refractivity contribution in [2.75, 3.05) is 13.2 Å². The molecular formula is C61H96O6. The predicted octanol–water partition coefficient (Wildman–Crippen LogP) is 17.9. The second-order valence-corrected chi connectivity index (χ2v) is 17.0. The Kier molecular flexibility index (Phi) is 50.6. The lowest BCUT2D eigenvalue weighted by Crippen LogP contribution is -2.30. The Labute approximate surface area is 411 Å². The summed E-state index contributed by atoms with van der Waals surface area (Å²) in [4.78, 5) is 37.7. The van der Waals surface area contributed by atoms with E-state index in [1.54, 1.807) is 0 Å². The van der Waals surface area contributed by atoms with E-state index in [1.807, 2.05) is 0 Å². The van der Waals surface area contributed by atoms with Gasteiger partial charge in [-0.2, -0.15) is 0 Å². The maximum atomic E-state index is 12.7. The minimum Gasteiger partial charge on any atom is -0.462 e. The molecule has 0 bridgehead atoms. The molecular weight excluding hydrogens is 829 g/mol. The van der Waals surface area contributed by atoms with Crippen molar-refractivity contribution in [1.29, 1.82) is 0 Å². The van der Waals surface area contributed by atoms with Gasteiger partial charge in [0.15, 0.2) is 6.10 Å². The van der Waals surface area contributed by atoms with Gasteiger partial charge in [0.25, 0.3) is 0 Å². The van der Waals surface area contributed by atoms with Gasteiger partial charge in [0.05, 0.1) is 0 Å². The topological polar surface area (TPSA) is 78.9 Å². The van der Waals surface area contributed by atoms with Gasteiger partial charge in [0.1, 0.15) is 13.2 Å². The van der Waals surface area contributed by atoms with Crippen molar-refractivity contribution < 1.29 is 28.6 Å². The summed E-state index contributed by atoms with van der Waals surface area (Å²) in [7, 11) is 0. The largest absolute Gasteiger partial charge is 0.462 e. The van der Waals surface area contributed by atoms with Crippen molar-refractivity contribution in [3.8, 4) is 0 Å². The lowest BCUT2D eigenvalue weighted by atomic mass is 10.1. The first-order valence-electron chi connectivity index (χ1n) is 26.7. The molecule has 67 heavy (non-hydrogen) atoms. The fourth-order valence-corrected chi connectivity index (χ4v) is 6.71. The molecule has 6 heteroatoms. The molecule has 0 N–H and O–H groups in total. The highest BCUT2D eigenvalue weighted by molar-refractivity contribution is 5.71. The van der Waals surface area contributed by atoms with E-state index >= 15 is 0 Å². The highest BCUT2D eigenvalue weighted by Gasteiger charge is 2.19. The van der Waals surface area contributed by atoms with Crippen LogP contribution in [0.5, 0.6) is 0 Å². The summed E-state index contributed by atoms with van der Waals surface area (Å²) < 4.78 is 16.6. The Morgan fingerprint density at radius 3 is 0.940 bits per heavy atom. The van der Waals surface area contributed by atoms with Crippen molar-refractivity contribution >= 4 is 17.9 Å². The molecule has 0 saturated heterocycles. The summed E-state index contributed by atoms with van der Waals surface area (Å²) in [6, 6.07) is 0. The predicted molar refractivity (Wildman–Crippen MR) is 288 cm³/mol. The van der Waals surface area contributed by atoms with Gasteiger partial charge in [-0.15, -0.1) is 0 Å². The standard InChI is InChI=1S/C61H96O6/c1-4-7-10-13-15-17-19-21-23-24-25-26-27-28-29-30-31-32-33-34-35-36-38-39-41-43-45-48-51-54-60(63)66-57-58(56-65-59(62)53-50-47-12-9-6-3)67-61(64)55-52-49-46-44-42-40-37-22-20-18-16-14-11-8-5-2/h7-8,10-11,15-18,21-23,25-26,28-29,31-32,34-35,37,42,44,58H,4-6,9,12-14,19-20,24,27,30,33,36,38-41,43,45-57H2,1-3H3/b10-7-,11-8-,17-15-,18-16-,23-21-,26-25-,29-28-,32-31-,35-34-,37-22-,44-42-. The van der Waals surface area contributed by atoms with E-state index in [1.165, 1.54) is 25.7 Å². The number of carbonyl (C=O) groups is 3. The minimum absolute atomic E-state index is 0.103. The Morgan fingerprint density at radius 1 is 0.313 bits per heavy atom. The molecule has 0 radical (unpaired) electrons. The second kappa shape index (κ2) is 54.2. The molecule has 0 aromatic carbocycles. The van der Waals surface area contributed by atoms with E-state index < -0.39 is 6.10 Å². The number of carbonyl (C=O) groups excluding carboxylic acids is 3. The van der Waals surface area contributed by atoms with Crippen molar-refractivity contribution in [3.63, 3.8) is 0 Å². The highest BCUT2D eigenvalue weighted by Crippen LogP contribution is 2.12. The van der Waals surface area contributed by atoms with Crippen molar-refractivity contribution in [3.05, 3.63) is 134 Å². The molecule has 0 aliphatic rings. The molecule has 1 atom stereocenters. The molecule has 0 aromatic heterocycles. The first-order chi connectivity index (χ1) is 33.0. The van der Waals surface area contributed by atoms with Crippen LogP contribution in [0.3, 0.4) is 0 Å². The lowest BCUT2D eigenvalue weighted by molar-refractivity contribution is -0.167. The smallest absolute Gasteiger partial charge is 0.306 e. The molecule has 6 nitrogen and oxygen atoms in total. The monoisotopic (exact) mass is 925 g/mol. The van der Waals surface area contributed by atoms with E-state index in [0.29, 0.717) is 19.3 Å². The molecule has 0 fully saturated rings. The third-order valence-electron chi connectivity index (χ3n) is 10.7. The quantitative estimate of drug-likeness (QED) is 0.0262. The lowest BCUT2D eigenvalue weighted by Gasteiger charge is -2.18. The molecule has 0 aliphatic heterocycles. The molecule has 0 heterocycles. The summed E-state index contributed by atoms with van der Waals surface area (Å²) in [5.41, 5.74) is 0. The first-order valence-corrected chi connectivity index (χ1v) is 26.7. The zero-order chi connectivity index (χ0) is 48.6. The number of rotatable bonds is 46. The van der Waals surface area contributed by atoms with Crippen molar-refractivity contribution in [1.82, 2.24) is 0 Å². The van der Waals surface area contributed by atoms with Crippen LogP contribution < -0.4 is 0 Å². The van der Waals surface area contributed by atoms with Gasteiger partial charge in [-0.25, -0.2) is 0 Å². The fraction of sp³-hybridized carbons (Fsp3) is 0.590. The molecule has 0 aromatic rings. The number of unbranched alkanes of at least 4 members (excludes halogenated alkanes) is 13. The average Bonchev–Trinajstić information content (AvgIpc) is 3.33. The molecule has 0 aliphatic carbocycles. The van der Waals surface area contributed by atoms with Crippen LogP contribution >= 0.6 is 0 Å². The molecule has 0 spiro atoms. The SMILES string of the molecule is CC/C=C\C/C=C\C/C=C\C/C=C\C/C=C\C/C=C\C/C=C\CCCCCCCCCC(=O)OCC(COC(=O)CCCCCCC)OC(=O)CCCC/C=C\C/C=C\C/C=C\C/C=C\CC. The summed E-state index contributed by atoms with van der Waals surface area (Å²) in [5.74, 6) is -0.981. The fourth-order valence-electron chi connectivity index (χ4n) is 6.71. The zero-order valence-electron chi connectivity index (χ0n) is 42.9. The number of ether oxygens (including phenoxy) is 3. The van der Waals surface area contributed by atoms with E-state index in [2.05, 4.69) is 154 Å². The Balaban J connectivity index is 4.19.